The molecular formula is C12H15N5O. The molecule has 6 nitrogen and oxygen atoms in total. The van der Waals surface area contributed by atoms with Crippen LogP contribution in [0.15, 0.2) is 30.6 Å². The molecule has 0 aliphatic carbocycles. The van der Waals surface area contributed by atoms with E-state index < -0.39 is 0 Å². The number of nitrogen functional groups attached to an aromatic ring is 1. The Morgan fingerprint density at radius 3 is 2.89 bits per heavy atom. The van der Waals surface area contributed by atoms with Crippen LogP contribution in [0.1, 0.15) is 17.4 Å². The van der Waals surface area contributed by atoms with Crippen LogP contribution in [0.5, 0.6) is 0 Å². The molecule has 0 bridgehead atoms. The highest BCUT2D eigenvalue weighted by atomic mass is 16.2. The van der Waals surface area contributed by atoms with Gasteiger partial charge >= 0.3 is 0 Å². The van der Waals surface area contributed by atoms with Gasteiger partial charge in [-0.05, 0) is 19.1 Å². The Morgan fingerprint density at radius 1 is 1.50 bits per heavy atom. The van der Waals surface area contributed by atoms with E-state index in [-0.39, 0.29) is 5.91 Å². The standard InChI is InChI=1S/C12H15N5O/c1-3-17-11(9(13)8-15-17)12(18)16(2)10-6-4-5-7-14-10/h4-8H,3,13H2,1-2H3. The molecule has 2 rings (SSSR count). The van der Waals surface area contributed by atoms with E-state index in [0.717, 1.165) is 0 Å². The molecule has 0 aromatic carbocycles. The molecule has 1 amide bonds. The second-order valence-electron chi connectivity index (χ2n) is 3.82. The van der Waals surface area contributed by atoms with Gasteiger partial charge in [-0.1, -0.05) is 6.07 Å². The Morgan fingerprint density at radius 2 is 2.28 bits per heavy atom. The lowest BCUT2D eigenvalue weighted by atomic mass is 10.3. The maximum Gasteiger partial charge on any atom is 0.279 e. The van der Waals surface area contributed by atoms with Gasteiger partial charge in [-0.3, -0.25) is 14.4 Å². The number of carbonyl (C=O) groups is 1. The van der Waals surface area contributed by atoms with Gasteiger partial charge in [0.15, 0.2) is 0 Å². The number of pyridine rings is 1. The average molecular weight is 245 g/mol. The summed E-state index contributed by atoms with van der Waals surface area (Å²) in [7, 11) is 1.66. The molecule has 0 radical (unpaired) electrons. The van der Waals surface area contributed by atoms with Gasteiger partial charge in [0.05, 0.1) is 11.9 Å². The zero-order chi connectivity index (χ0) is 13.1. The van der Waals surface area contributed by atoms with Crippen molar-refractivity contribution >= 4 is 17.4 Å². The summed E-state index contributed by atoms with van der Waals surface area (Å²) < 4.78 is 1.58. The van der Waals surface area contributed by atoms with Gasteiger partial charge in [0.25, 0.3) is 5.91 Å². The minimum Gasteiger partial charge on any atom is -0.396 e. The SMILES string of the molecule is CCn1ncc(N)c1C(=O)N(C)c1ccccn1. The first-order valence-corrected chi connectivity index (χ1v) is 5.65. The van der Waals surface area contributed by atoms with E-state index in [4.69, 9.17) is 5.73 Å². The van der Waals surface area contributed by atoms with Crippen LogP contribution >= 0.6 is 0 Å². The van der Waals surface area contributed by atoms with Gasteiger partial charge in [0.2, 0.25) is 0 Å². The number of hydrogen-bond acceptors (Lipinski definition) is 4. The number of nitrogens with two attached hydrogens (primary N) is 1. The third kappa shape index (κ3) is 2.04. The van der Waals surface area contributed by atoms with Crippen LogP contribution in [0, 0.1) is 0 Å². The second-order valence-corrected chi connectivity index (χ2v) is 3.82. The van der Waals surface area contributed by atoms with E-state index in [9.17, 15) is 4.79 Å². The lowest BCUT2D eigenvalue weighted by Crippen LogP contribution is -2.30. The fraction of sp³-hybridized carbons (Fsp3) is 0.250. The van der Waals surface area contributed by atoms with Crippen LogP contribution in [0.2, 0.25) is 0 Å². The molecule has 2 aromatic rings. The third-order valence-corrected chi connectivity index (χ3v) is 2.67. The van der Waals surface area contributed by atoms with E-state index in [0.29, 0.717) is 23.7 Å². The maximum absolute atomic E-state index is 12.4. The number of aromatic nitrogens is 3. The number of aryl methyl sites for hydroxylation is 1. The molecule has 0 aliphatic rings. The Bertz CT molecular complexity index is 549. The molecular weight excluding hydrogens is 230 g/mol. The number of hydrogen-bond donors (Lipinski definition) is 1. The molecule has 2 heterocycles. The summed E-state index contributed by atoms with van der Waals surface area (Å²) in [5, 5.41) is 4.06. The molecule has 0 saturated carbocycles. The molecule has 0 saturated heterocycles. The molecule has 2 aromatic heterocycles. The van der Waals surface area contributed by atoms with Crippen molar-refractivity contribution in [3.63, 3.8) is 0 Å². The number of amides is 1. The van der Waals surface area contributed by atoms with Gasteiger partial charge in [-0.15, -0.1) is 0 Å². The summed E-state index contributed by atoms with van der Waals surface area (Å²) in [6, 6.07) is 5.39. The molecule has 94 valence electrons. The lowest BCUT2D eigenvalue weighted by Gasteiger charge is -2.16. The van der Waals surface area contributed by atoms with Crippen LogP contribution in [0.3, 0.4) is 0 Å². The van der Waals surface area contributed by atoms with Crippen LogP contribution < -0.4 is 10.6 Å². The van der Waals surface area contributed by atoms with Crippen molar-refractivity contribution in [2.75, 3.05) is 17.7 Å². The minimum atomic E-state index is -0.217. The lowest BCUT2D eigenvalue weighted by molar-refractivity contribution is 0.0983. The highest BCUT2D eigenvalue weighted by molar-refractivity contribution is 6.07. The van der Waals surface area contributed by atoms with Gasteiger partial charge in [-0.2, -0.15) is 5.10 Å². The summed E-state index contributed by atoms with van der Waals surface area (Å²) in [5.41, 5.74) is 6.56. The zero-order valence-corrected chi connectivity index (χ0v) is 10.4. The molecule has 18 heavy (non-hydrogen) atoms. The van der Waals surface area contributed by atoms with Crippen molar-refractivity contribution < 1.29 is 4.79 Å². The normalized spacial score (nSPS) is 10.3. The van der Waals surface area contributed by atoms with Crippen molar-refractivity contribution in [3.8, 4) is 0 Å². The third-order valence-electron chi connectivity index (χ3n) is 2.67. The Hall–Kier alpha value is -2.37. The summed E-state index contributed by atoms with van der Waals surface area (Å²) in [4.78, 5) is 17.9. The van der Waals surface area contributed by atoms with Crippen molar-refractivity contribution in [1.29, 1.82) is 0 Å². The molecule has 0 spiro atoms. The number of rotatable bonds is 3. The van der Waals surface area contributed by atoms with E-state index in [2.05, 4.69) is 10.1 Å². The van der Waals surface area contributed by atoms with Crippen LogP contribution in [0.25, 0.3) is 0 Å². The summed E-state index contributed by atoms with van der Waals surface area (Å²) in [5.74, 6) is 0.358. The first kappa shape index (κ1) is 12.1. The van der Waals surface area contributed by atoms with Gasteiger partial charge in [0, 0.05) is 19.8 Å². The van der Waals surface area contributed by atoms with E-state index in [1.807, 2.05) is 13.0 Å². The molecule has 0 unspecified atom stereocenters. The van der Waals surface area contributed by atoms with E-state index >= 15 is 0 Å². The van der Waals surface area contributed by atoms with Crippen molar-refractivity contribution in [2.24, 2.45) is 0 Å². The van der Waals surface area contributed by atoms with Crippen molar-refractivity contribution in [2.45, 2.75) is 13.5 Å². The predicted octanol–water partition coefficient (Wildman–Crippen LogP) is 1.16. The Balaban J connectivity index is 2.34. The number of nitrogens with zero attached hydrogens (tertiary/aromatic N) is 4. The monoisotopic (exact) mass is 245 g/mol. The minimum absolute atomic E-state index is 0.217. The van der Waals surface area contributed by atoms with Crippen LogP contribution in [-0.2, 0) is 6.54 Å². The second kappa shape index (κ2) is 4.87. The zero-order valence-electron chi connectivity index (χ0n) is 10.4. The van der Waals surface area contributed by atoms with Crippen LogP contribution in [-0.4, -0.2) is 27.7 Å². The fourth-order valence-electron chi connectivity index (χ4n) is 1.69. The highest BCUT2D eigenvalue weighted by Gasteiger charge is 2.21. The molecule has 0 aliphatic heterocycles. The first-order chi connectivity index (χ1) is 8.65. The summed E-state index contributed by atoms with van der Waals surface area (Å²) >= 11 is 0. The molecule has 6 heteroatoms. The van der Waals surface area contributed by atoms with E-state index in [1.54, 1.807) is 30.1 Å². The highest BCUT2D eigenvalue weighted by Crippen LogP contribution is 2.16. The molecule has 0 atom stereocenters. The van der Waals surface area contributed by atoms with Gasteiger partial charge < -0.3 is 5.73 Å². The fourth-order valence-corrected chi connectivity index (χ4v) is 1.69. The van der Waals surface area contributed by atoms with Gasteiger partial charge in [-0.25, -0.2) is 4.98 Å². The van der Waals surface area contributed by atoms with E-state index in [1.165, 1.54) is 11.1 Å². The maximum atomic E-state index is 12.4. The summed E-state index contributed by atoms with van der Waals surface area (Å²) in [6.45, 7) is 2.50. The smallest absolute Gasteiger partial charge is 0.279 e. The van der Waals surface area contributed by atoms with Crippen molar-refractivity contribution in [1.82, 2.24) is 14.8 Å². The molecule has 0 fully saturated rings. The Labute approximate surface area is 105 Å². The Kier molecular flexibility index (Phi) is 3.27. The predicted molar refractivity (Wildman–Crippen MR) is 69.3 cm³/mol. The van der Waals surface area contributed by atoms with Crippen molar-refractivity contribution in [3.05, 3.63) is 36.3 Å². The van der Waals surface area contributed by atoms with Crippen LogP contribution in [0.4, 0.5) is 11.5 Å². The average Bonchev–Trinajstić information content (AvgIpc) is 2.79. The number of anilines is 2. The number of carbonyl (C=O) groups excluding carboxylic acids is 1. The largest absolute Gasteiger partial charge is 0.396 e. The quantitative estimate of drug-likeness (QED) is 0.880. The topological polar surface area (TPSA) is 77.0 Å². The summed E-state index contributed by atoms with van der Waals surface area (Å²) in [6.07, 6.45) is 3.13. The van der Waals surface area contributed by atoms with Gasteiger partial charge in [0.1, 0.15) is 11.5 Å². The first-order valence-electron chi connectivity index (χ1n) is 5.65. The molecule has 2 N–H and O–H groups in total.